The van der Waals surface area contributed by atoms with E-state index in [0.717, 1.165) is 25.1 Å². The van der Waals surface area contributed by atoms with Crippen molar-refractivity contribution in [3.8, 4) is 0 Å². The van der Waals surface area contributed by atoms with Crippen molar-refractivity contribution in [3.05, 3.63) is 35.1 Å². The maximum atomic E-state index is 12.6. The summed E-state index contributed by atoms with van der Waals surface area (Å²) in [5.74, 6) is -0.829. The zero-order valence-corrected chi connectivity index (χ0v) is 8.24. The molecule has 0 atom stereocenters. The molecule has 0 aromatic heterocycles. The molecule has 0 fully saturated rings. The quantitative estimate of drug-likeness (QED) is 0.561. The summed E-state index contributed by atoms with van der Waals surface area (Å²) in [5.41, 5.74) is -1.27. The first-order valence-corrected chi connectivity index (χ1v) is 4.25. The van der Waals surface area contributed by atoms with Crippen LogP contribution in [0.15, 0.2) is 18.2 Å². The molecule has 0 amide bonds. The Morgan fingerprint density at radius 1 is 1.07 bits per heavy atom. The van der Waals surface area contributed by atoms with Crippen molar-refractivity contribution in [3.63, 3.8) is 0 Å². The molecule has 1 aromatic rings. The standard InChI is InChI=1S/C8H6F4.C2H6/c1-5-6(8(10,11)12)3-2-4-7(5)9;1-2/h2-4H,1H3;1-2H3. The average Bonchev–Trinajstić information content (AvgIpc) is 2.11. The Morgan fingerprint density at radius 3 is 1.93 bits per heavy atom. The van der Waals surface area contributed by atoms with Crippen LogP contribution in [0.1, 0.15) is 25.0 Å². The van der Waals surface area contributed by atoms with Crippen molar-refractivity contribution in [1.29, 1.82) is 0 Å². The van der Waals surface area contributed by atoms with Gasteiger partial charge < -0.3 is 0 Å². The molecule has 0 aliphatic heterocycles. The Balaban J connectivity index is 0.000000791. The first kappa shape index (κ1) is 12.9. The molecule has 0 heterocycles. The van der Waals surface area contributed by atoms with Gasteiger partial charge in [-0.2, -0.15) is 13.2 Å². The van der Waals surface area contributed by atoms with Crippen LogP contribution >= 0.6 is 0 Å². The smallest absolute Gasteiger partial charge is 0.207 e. The minimum atomic E-state index is -4.47. The van der Waals surface area contributed by atoms with Gasteiger partial charge in [0.05, 0.1) is 5.56 Å². The van der Waals surface area contributed by atoms with E-state index < -0.39 is 17.6 Å². The van der Waals surface area contributed by atoms with Crippen LogP contribution in [0.3, 0.4) is 0 Å². The van der Waals surface area contributed by atoms with Gasteiger partial charge in [0.15, 0.2) is 0 Å². The topological polar surface area (TPSA) is 0 Å². The van der Waals surface area contributed by atoms with E-state index in [4.69, 9.17) is 0 Å². The molecule has 1 aromatic carbocycles. The van der Waals surface area contributed by atoms with Gasteiger partial charge in [-0.3, -0.25) is 0 Å². The zero-order chi connectivity index (χ0) is 11.4. The Bertz CT molecular complexity index is 289. The highest BCUT2D eigenvalue weighted by atomic mass is 19.4. The second-order valence-corrected chi connectivity index (χ2v) is 2.41. The molecule has 80 valence electrons. The monoisotopic (exact) mass is 208 g/mol. The minimum absolute atomic E-state index is 0.356. The van der Waals surface area contributed by atoms with E-state index in [9.17, 15) is 17.6 Å². The van der Waals surface area contributed by atoms with Gasteiger partial charge in [-0.1, -0.05) is 19.9 Å². The molecule has 0 bridgehead atoms. The van der Waals surface area contributed by atoms with Crippen molar-refractivity contribution < 1.29 is 17.6 Å². The second kappa shape index (κ2) is 4.98. The van der Waals surface area contributed by atoms with Crippen LogP contribution in [-0.4, -0.2) is 0 Å². The van der Waals surface area contributed by atoms with E-state index in [2.05, 4.69) is 0 Å². The predicted octanol–water partition coefficient (Wildman–Crippen LogP) is 4.18. The van der Waals surface area contributed by atoms with Gasteiger partial charge in [0.25, 0.3) is 0 Å². The average molecular weight is 208 g/mol. The zero-order valence-electron chi connectivity index (χ0n) is 8.24. The van der Waals surface area contributed by atoms with Crippen LogP contribution in [0.25, 0.3) is 0 Å². The third kappa shape index (κ3) is 3.01. The minimum Gasteiger partial charge on any atom is -0.207 e. The maximum absolute atomic E-state index is 12.6. The Morgan fingerprint density at radius 2 is 1.57 bits per heavy atom. The fourth-order valence-electron chi connectivity index (χ4n) is 0.915. The summed E-state index contributed by atoms with van der Waals surface area (Å²) in [5, 5.41) is 0. The molecule has 0 saturated heterocycles. The van der Waals surface area contributed by atoms with E-state index in [1.165, 1.54) is 0 Å². The van der Waals surface area contributed by atoms with Crippen LogP contribution in [0.2, 0.25) is 0 Å². The summed E-state index contributed by atoms with van der Waals surface area (Å²) in [6.45, 7) is 5.11. The normalized spacial score (nSPS) is 10.5. The van der Waals surface area contributed by atoms with E-state index in [1.807, 2.05) is 13.8 Å². The van der Waals surface area contributed by atoms with Crippen LogP contribution < -0.4 is 0 Å². The van der Waals surface area contributed by atoms with Gasteiger partial charge in [0, 0.05) is 0 Å². The number of benzene rings is 1. The van der Waals surface area contributed by atoms with Gasteiger partial charge in [-0.15, -0.1) is 0 Å². The SMILES string of the molecule is CC.Cc1c(F)cccc1C(F)(F)F. The van der Waals surface area contributed by atoms with Gasteiger partial charge in [-0.05, 0) is 24.6 Å². The van der Waals surface area contributed by atoms with Crippen molar-refractivity contribution in [2.45, 2.75) is 26.9 Å². The lowest BCUT2D eigenvalue weighted by atomic mass is 10.1. The third-order valence-corrected chi connectivity index (χ3v) is 1.57. The molecule has 14 heavy (non-hydrogen) atoms. The molecule has 0 unspecified atom stereocenters. The van der Waals surface area contributed by atoms with E-state index in [-0.39, 0.29) is 5.56 Å². The van der Waals surface area contributed by atoms with Crippen molar-refractivity contribution >= 4 is 0 Å². The van der Waals surface area contributed by atoms with Crippen molar-refractivity contribution in [2.75, 3.05) is 0 Å². The van der Waals surface area contributed by atoms with Gasteiger partial charge in [-0.25, -0.2) is 4.39 Å². The second-order valence-electron chi connectivity index (χ2n) is 2.41. The number of hydrogen-bond donors (Lipinski definition) is 0. The first-order chi connectivity index (χ1) is 6.43. The first-order valence-electron chi connectivity index (χ1n) is 4.25. The summed E-state index contributed by atoms with van der Waals surface area (Å²) < 4.78 is 48.8. The van der Waals surface area contributed by atoms with Crippen LogP contribution in [0, 0.1) is 12.7 Å². The maximum Gasteiger partial charge on any atom is 0.416 e. The van der Waals surface area contributed by atoms with Gasteiger partial charge >= 0.3 is 6.18 Å². The molecule has 1 rings (SSSR count). The fraction of sp³-hybridized carbons (Fsp3) is 0.400. The molecule has 0 radical (unpaired) electrons. The number of alkyl halides is 3. The van der Waals surface area contributed by atoms with Crippen molar-refractivity contribution in [1.82, 2.24) is 0 Å². The van der Waals surface area contributed by atoms with E-state index >= 15 is 0 Å². The third-order valence-electron chi connectivity index (χ3n) is 1.57. The number of rotatable bonds is 0. The Labute approximate surface area is 80.6 Å². The highest BCUT2D eigenvalue weighted by Gasteiger charge is 2.32. The lowest BCUT2D eigenvalue weighted by Gasteiger charge is -2.09. The molecule has 0 saturated carbocycles. The summed E-state index contributed by atoms with van der Waals surface area (Å²) in [6, 6.07) is 2.91. The lowest BCUT2D eigenvalue weighted by Crippen LogP contribution is -2.08. The molecule has 0 spiro atoms. The van der Waals surface area contributed by atoms with Crippen LogP contribution in [0.4, 0.5) is 17.6 Å². The summed E-state index contributed by atoms with van der Waals surface area (Å²) >= 11 is 0. The molecule has 0 aliphatic rings. The summed E-state index contributed by atoms with van der Waals surface area (Å²) in [6.07, 6.45) is -4.47. The molecule has 0 nitrogen and oxygen atoms in total. The molecular formula is C10H12F4. The summed E-state index contributed by atoms with van der Waals surface area (Å²) in [4.78, 5) is 0. The Hall–Kier alpha value is -1.06. The number of halogens is 4. The Kier molecular flexibility index (Phi) is 4.60. The lowest BCUT2D eigenvalue weighted by molar-refractivity contribution is -0.138. The molecular weight excluding hydrogens is 196 g/mol. The predicted molar refractivity (Wildman–Crippen MR) is 47.5 cm³/mol. The number of hydrogen-bond acceptors (Lipinski definition) is 0. The fourth-order valence-corrected chi connectivity index (χ4v) is 0.915. The molecule has 4 heteroatoms. The molecule has 0 aliphatic carbocycles. The highest BCUT2D eigenvalue weighted by Crippen LogP contribution is 2.32. The van der Waals surface area contributed by atoms with Gasteiger partial charge in [0.1, 0.15) is 5.82 Å². The van der Waals surface area contributed by atoms with Crippen molar-refractivity contribution in [2.24, 2.45) is 0 Å². The van der Waals surface area contributed by atoms with Crippen LogP contribution in [-0.2, 0) is 6.18 Å². The van der Waals surface area contributed by atoms with Crippen LogP contribution in [0.5, 0.6) is 0 Å². The van der Waals surface area contributed by atoms with E-state index in [0.29, 0.717) is 0 Å². The largest absolute Gasteiger partial charge is 0.416 e. The summed E-state index contributed by atoms with van der Waals surface area (Å²) in [7, 11) is 0. The molecule has 0 N–H and O–H groups in total. The highest BCUT2D eigenvalue weighted by molar-refractivity contribution is 5.29. The van der Waals surface area contributed by atoms with Gasteiger partial charge in [0.2, 0.25) is 0 Å². The van der Waals surface area contributed by atoms with E-state index in [1.54, 1.807) is 0 Å².